The molecule has 1 aliphatic heterocycles. The normalized spacial score (nSPS) is 16.1. The highest BCUT2D eigenvalue weighted by atomic mass is 19.1. The Morgan fingerprint density at radius 2 is 1.79 bits per heavy atom. The monoisotopic (exact) mass is 446 g/mol. The van der Waals surface area contributed by atoms with Gasteiger partial charge in [-0.15, -0.1) is 0 Å². The van der Waals surface area contributed by atoms with Gasteiger partial charge in [0, 0.05) is 30.8 Å². The number of benzene rings is 3. The Balaban J connectivity index is 1.45. The van der Waals surface area contributed by atoms with Gasteiger partial charge < -0.3 is 15.0 Å². The summed E-state index contributed by atoms with van der Waals surface area (Å²) in [6, 6.07) is 21.7. The first-order valence-corrected chi connectivity index (χ1v) is 11.1. The molecule has 0 aromatic heterocycles. The van der Waals surface area contributed by atoms with Gasteiger partial charge in [0.1, 0.15) is 11.6 Å². The highest BCUT2D eigenvalue weighted by molar-refractivity contribution is 5.83. The van der Waals surface area contributed by atoms with Crippen molar-refractivity contribution in [2.45, 2.75) is 12.8 Å². The summed E-state index contributed by atoms with van der Waals surface area (Å²) in [6.07, 6.45) is 0.726. The van der Waals surface area contributed by atoms with E-state index >= 15 is 0 Å². The number of halogens is 1. The molecule has 1 unspecified atom stereocenters. The number of amides is 2. The van der Waals surface area contributed by atoms with E-state index in [0.717, 1.165) is 16.7 Å². The fourth-order valence-electron chi connectivity index (χ4n) is 4.21. The third-order valence-electron chi connectivity index (χ3n) is 6.00. The lowest BCUT2D eigenvalue weighted by molar-refractivity contribution is -0.131. The van der Waals surface area contributed by atoms with Crippen molar-refractivity contribution in [1.29, 1.82) is 0 Å². The molecule has 1 saturated heterocycles. The van der Waals surface area contributed by atoms with Gasteiger partial charge in [0.25, 0.3) is 0 Å². The molecule has 6 heteroatoms. The topological polar surface area (TPSA) is 58.6 Å². The van der Waals surface area contributed by atoms with E-state index in [1.807, 2.05) is 48.5 Å². The highest BCUT2D eigenvalue weighted by Gasteiger charge is 2.28. The van der Waals surface area contributed by atoms with E-state index in [4.69, 9.17) is 4.74 Å². The number of hydrogen-bond acceptors (Lipinski definition) is 3. The van der Waals surface area contributed by atoms with Crippen LogP contribution in [0.15, 0.2) is 72.8 Å². The molecule has 3 aromatic rings. The predicted molar refractivity (Wildman–Crippen MR) is 125 cm³/mol. The quantitative estimate of drug-likeness (QED) is 0.626. The summed E-state index contributed by atoms with van der Waals surface area (Å²) in [6.45, 7) is 1.26. The van der Waals surface area contributed by atoms with E-state index < -0.39 is 0 Å². The number of ether oxygens (including phenoxy) is 1. The van der Waals surface area contributed by atoms with Crippen molar-refractivity contribution in [2.75, 3.05) is 26.7 Å². The maximum absolute atomic E-state index is 14.1. The van der Waals surface area contributed by atoms with Crippen molar-refractivity contribution >= 4 is 11.8 Å². The molecule has 1 atom stereocenters. The molecule has 2 amide bonds. The Labute approximate surface area is 193 Å². The van der Waals surface area contributed by atoms with Gasteiger partial charge in [0.15, 0.2) is 0 Å². The minimum absolute atomic E-state index is 0.0316. The van der Waals surface area contributed by atoms with Crippen LogP contribution < -0.4 is 10.1 Å². The van der Waals surface area contributed by atoms with Gasteiger partial charge in [0.05, 0.1) is 19.4 Å². The summed E-state index contributed by atoms with van der Waals surface area (Å²) in [5.74, 6) is -0.0240. The molecule has 0 saturated carbocycles. The summed E-state index contributed by atoms with van der Waals surface area (Å²) in [4.78, 5) is 27.4. The molecule has 0 spiro atoms. The number of carbonyl (C=O) groups is 2. The summed E-state index contributed by atoms with van der Waals surface area (Å²) < 4.78 is 19.4. The molecule has 1 fully saturated rings. The molecular formula is C27H27FN2O3. The Hall–Kier alpha value is -3.67. The largest absolute Gasteiger partial charge is 0.496 e. The molecule has 5 nitrogen and oxygen atoms in total. The van der Waals surface area contributed by atoms with Crippen LogP contribution in [0.25, 0.3) is 11.1 Å². The highest BCUT2D eigenvalue weighted by Crippen LogP contribution is 2.24. The lowest BCUT2D eigenvalue weighted by Crippen LogP contribution is -2.38. The first-order valence-electron chi connectivity index (χ1n) is 11.1. The Bertz CT molecular complexity index is 1130. The lowest BCUT2D eigenvalue weighted by Gasteiger charge is -2.24. The maximum atomic E-state index is 14.1. The third-order valence-corrected chi connectivity index (χ3v) is 6.00. The van der Waals surface area contributed by atoms with Gasteiger partial charge >= 0.3 is 0 Å². The second-order valence-corrected chi connectivity index (χ2v) is 8.20. The van der Waals surface area contributed by atoms with Gasteiger partial charge in [0.2, 0.25) is 11.8 Å². The van der Waals surface area contributed by atoms with Crippen LogP contribution in [-0.4, -0.2) is 43.5 Å². The minimum Gasteiger partial charge on any atom is -0.496 e. The fraction of sp³-hybridized carbons (Fsp3) is 0.259. The van der Waals surface area contributed by atoms with E-state index in [0.29, 0.717) is 37.4 Å². The van der Waals surface area contributed by atoms with Crippen molar-refractivity contribution < 1.29 is 18.7 Å². The zero-order chi connectivity index (χ0) is 23.2. The van der Waals surface area contributed by atoms with Crippen molar-refractivity contribution in [2.24, 2.45) is 5.92 Å². The molecule has 1 aliphatic rings. The average Bonchev–Trinajstić information content (AvgIpc) is 3.02. The van der Waals surface area contributed by atoms with Crippen LogP contribution in [0.1, 0.15) is 11.1 Å². The van der Waals surface area contributed by atoms with Crippen LogP contribution >= 0.6 is 0 Å². The van der Waals surface area contributed by atoms with Gasteiger partial charge in [-0.05, 0) is 29.7 Å². The van der Waals surface area contributed by atoms with Crippen molar-refractivity contribution in [3.8, 4) is 16.9 Å². The van der Waals surface area contributed by atoms with Crippen molar-refractivity contribution in [3.05, 3.63) is 89.7 Å². The van der Waals surface area contributed by atoms with Gasteiger partial charge in [-0.2, -0.15) is 0 Å². The number of hydrogen-bond donors (Lipinski definition) is 1. The molecule has 1 heterocycles. The smallest absolute Gasteiger partial charge is 0.227 e. The Morgan fingerprint density at radius 3 is 2.55 bits per heavy atom. The van der Waals surface area contributed by atoms with Crippen LogP contribution in [0, 0.1) is 11.7 Å². The number of carbonyl (C=O) groups excluding carboxylic acids is 2. The predicted octanol–water partition coefficient (Wildman–Crippen LogP) is 3.86. The molecule has 0 bridgehead atoms. The fourth-order valence-corrected chi connectivity index (χ4v) is 4.21. The maximum Gasteiger partial charge on any atom is 0.227 e. The average molecular weight is 447 g/mol. The van der Waals surface area contributed by atoms with E-state index in [2.05, 4.69) is 5.32 Å². The molecule has 33 heavy (non-hydrogen) atoms. The number of methoxy groups -OCH3 is 1. The van der Waals surface area contributed by atoms with E-state index in [1.54, 1.807) is 30.2 Å². The van der Waals surface area contributed by atoms with Crippen molar-refractivity contribution in [1.82, 2.24) is 10.2 Å². The first kappa shape index (κ1) is 22.5. The number of para-hydroxylation sites is 1. The van der Waals surface area contributed by atoms with E-state index in [-0.39, 0.29) is 30.0 Å². The second kappa shape index (κ2) is 10.3. The Kier molecular flexibility index (Phi) is 7.03. The van der Waals surface area contributed by atoms with Crippen LogP contribution in [0.4, 0.5) is 4.39 Å². The SMILES string of the molecule is COc1ccccc1CC(=O)N1CCNC(=O)C(Cc2ccc(-c3ccccc3F)cc2)C1. The lowest BCUT2D eigenvalue weighted by atomic mass is 9.95. The van der Waals surface area contributed by atoms with Crippen LogP contribution in [0.3, 0.4) is 0 Å². The van der Waals surface area contributed by atoms with Gasteiger partial charge in [-0.25, -0.2) is 4.39 Å². The number of nitrogens with one attached hydrogen (secondary N) is 1. The zero-order valence-corrected chi connectivity index (χ0v) is 18.6. The standard InChI is InChI=1S/C27H27FN2O3/c1-33-25-9-5-2-6-21(25)17-26(31)30-15-14-29-27(32)22(18-30)16-19-10-12-20(13-11-19)23-7-3-4-8-24(23)28/h2-13,22H,14-18H2,1H3,(H,29,32). The van der Waals surface area contributed by atoms with Crippen LogP contribution in [-0.2, 0) is 22.4 Å². The first-order chi connectivity index (χ1) is 16.0. The molecule has 0 aliphatic carbocycles. The number of nitrogens with zero attached hydrogens (tertiary/aromatic N) is 1. The van der Waals surface area contributed by atoms with E-state index in [1.165, 1.54) is 6.07 Å². The van der Waals surface area contributed by atoms with Gasteiger partial charge in [-0.3, -0.25) is 9.59 Å². The minimum atomic E-state index is -0.353. The molecular weight excluding hydrogens is 419 g/mol. The summed E-state index contributed by atoms with van der Waals surface area (Å²) >= 11 is 0. The molecule has 0 radical (unpaired) electrons. The third kappa shape index (κ3) is 5.40. The molecule has 4 rings (SSSR count). The summed E-state index contributed by atoms with van der Waals surface area (Å²) in [7, 11) is 1.59. The molecule has 3 aromatic carbocycles. The van der Waals surface area contributed by atoms with Crippen molar-refractivity contribution in [3.63, 3.8) is 0 Å². The Morgan fingerprint density at radius 1 is 1.06 bits per heavy atom. The van der Waals surface area contributed by atoms with Crippen LogP contribution in [0.5, 0.6) is 5.75 Å². The number of rotatable bonds is 6. The van der Waals surface area contributed by atoms with E-state index in [9.17, 15) is 14.0 Å². The van der Waals surface area contributed by atoms with Gasteiger partial charge in [-0.1, -0.05) is 60.7 Å². The van der Waals surface area contributed by atoms with Crippen LogP contribution in [0.2, 0.25) is 0 Å². The summed E-state index contributed by atoms with van der Waals surface area (Å²) in [5, 5.41) is 2.92. The second-order valence-electron chi connectivity index (χ2n) is 8.20. The summed E-state index contributed by atoms with van der Waals surface area (Å²) in [5.41, 5.74) is 3.13. The zero-order valence-electron chi connectivity index (χ0n) is 18.6. The molecule has 1 N–H and O–H groups in total. The molecule has 170 valence electrons.